The molecule has 0 spiro atoms. The number of nitrogens with one attached hydrogen (secondary N) is 2. The Balaban J connectivity index is 1.86. The van der Waals surface area contributed by atoms with Gasteiger partial charge < -0.3 is 10.2 Å². The van der Waals surface area contributed by atoms with E-state index in [1.54, 1.807) is 42.3 Å². The van der Waals surface area contributed by atoms with E-state index in [1.165, 1.54) is 7.05 Å². The summed E-state index contributed by atoms with van der Waals surface area (Å²) in [5.74, 6) is -0.0709. The van der Waals surface area contributed by atoms with Crippen LogP contribution in [0.5, 0.6) is 0 Å². The minimum absolute atomic E-state index is 0.0709. The molecule has 26 heavy (non-hydrogen) atoms. The third-order valence-electron chi connectivity index (χ3n) is 3.79. The van der Waals surface area contributed by atoms with E-state index in [2.05, 4.69) is 10.0 Å². The maximum Gasteiger partial charge on any atom is 0.317 e. The molecule has 0 aliphatic carbocycles. The summed E-state index contributed by atoms with van der Waals surface area (Å²) in [6.07, 6.45) is 0. The lowest BCUT2D eigenvalue weighted by molar-refractivity contribution is 0.206. The van der Waals surface area contributed by atoms with E-state index in [0.29, 0.717) is 23.7 Å². The largest absolute Gasteiger partial charge is 0.334 e. The molecule has 2 rings (SSSR count). The highest BCUT2D eigenvalue weighted by Crippen LogP contribution is 2.12. The minimum Gasteiger partial charge on any atom is -0.334 e. The van der Waals surface area contributed by atoms with Gasteiger partial charge in [0.25, 0.3) is 0 Å². The molecule has 0 unspecified atom stereocenters. The van der Waals surface area contributed by atoms with E-state index in [1.807, 2.05) is 18.2 Å². The summed E-state index contributed by atoms with van der Waals surface area (Å²) in [4.78, 5) is 13.8. The van der Waals surface area contributed by atoms with Gasteiger partial charge in [0.2, 0.25) is 10.0 Å². The summed E-state index contributed by atoms with van der Waals surface area (Å²) in [5, 5.41) is 3.47. The first-order valence-electron chi connectivity index (χ1n) is 8.01. The molecule has 8 heteroatoms. The summed E-state index contributed by atoms with van der Waals surface area (Å²) >= 11 is 5.95. The van der Waals surface area contributed by atoms with Gasteiger partial charge >= 0.3 is 6.03 Å². The highest BCUT2D eigenvalue weighted by atomic mass is 35.5. The van der Waals surface area contributed by atoms with E-state index in [9.17, 15) is 13.2 Å². The van der Waals surface area contributed by atoms with Gasteiger partial charge in [-0.05, 0) is 35.9 Å². The predicted octanol–water partition coefficient (Wildman–Crippen LogP) is 2.73. The predicted molar refractivity (Wildman–Crippen MR) is 103 cm³/mol. The van der Waals surface area contributed by atoms with Crippen molar-refractivity contribution in [3.05, 3.63) is 70.2 Å². The van der Waals surface area contributed by atoms with E-state index in [0.717, 1.165) is 11.1 Å². The Bertz CT molecular complexity index is 854. The van der Waals surface area contributed by atoms with Crippen molar-refractivity contribution in [3.63, 3.8) is 0 Å². The third-order valence-corrected chi connectivity index (χ3v) is 5.36. The normalized spacial score (nSPS) is 11.2. The Morgan fingerprint density at radius 1 is 1.08 bits per heavy atom. The maximum absolute atomic E-state index is 12.2. The lowest BCUT2D eigenvalue weighted by atomic mass is 10.1. The van der Waals surface area contributed by atoms with Crippen LogP contribution in [0, 0.1) is 0 Å². The van der Waals surface area contributed by atoms with E-state index in [4.69, 9.17) is 11.6 Å². The number of hydrogen-bond donors (Lipinski definition) is 2. The second-order valence-corrected chi connectivity index (χ2v) is 8.29. The number of urea groups is 1. The maximum atomic E-state index is 12.2. The molecular weight excluding hydrogens is 374 g/mol. The van der Waals surface area contributed by atoms with Gasteiger partial charge in [0.15, 0.2) is 0 Å². The zero-order valence-electron chi connectivity index (χ0n) is 14.7. The van der Waals surface area contributed by atoms with Gasteiger partial charge in [0.1, 0.15) is 0 Å². The second-order valence-electron chi connectivity index (χ2n) is 5.92. The number of amides is 2. The number of sulfonamides is 1. The van der Waals surface area contributed by atoms with Crippen molar-refractivity contribution in [3.8, 4) is 0 Å². The molecule has 2 amide bonds. The van der Waals surface area contributed by atoms with Gasteiger partial charge in [-0.1, -0.05) is 48.0 Å². The van der Waals surface area contributed by atoms with Crippen molar-refractivity contribution in [1.29, 1.82) is 0 Å². The highest BCUT2D eigenvalue weighted by Gasteiger charge is 2.10. The van der Waals surface area contributed by atoms with Crippen molar-refractivity contribution in [2.75, 3.05) is 14.1 Å². The minimum atomic E-state index is -3.29. The van der Waals surface area contributed by atoms with Crippen molar-refractivity contribution < 1.29 is 13.2 Å². The average Bonchev–Trinajstić information content (AvgIpc) is 2.60. The quantitative estimate of drug-likeness (QED) is 0.756. The fraction of sp³-hybridized carbons (Fsp3) is 0.278. The first kappa shape index (κ1) is 20.2. The molecule has 0 atom stereocenters. The summed E-state index contributed by atoms with van der Waals surface area (Å²) in [6, 6.07) is 14.3. The van der Waals surface area contributed by atoms with Crippen LogP contribution in [-0.4, -0.2) is 33.4 Å². The van der Waals surface area contributed by atoms with Gasteiger partial charge in [0, 0.05) is 25.2 Å². The summed E-state index contributed by atoms with van der Waals surface area (Å²) in [6.45, 7) is 0.811. The van der Waals surface area contributed by atoms with Crippen LogP contribution in [0.15, 0.2) is 48.5 Å². The van der Waals surface area contributed by atoms with Crippen LogP contribution in [-0.2, 0) is 28.9 Å². The number of carbonyl (C=O) groups is 1. The molecule has 6 nitrogen and oxygen atoms in total. The molecule has 0 bridgehead atoms. The molecular formula is C18H22ClN3O3S. The topological polar surface area (TPSA) is 78.5 Å². The molecule has 0 saturated carbocycles. The second kappa shape index (κ2) is 9.02. The standard InChI is InChI=1S/C18H22ClN3O3S/c1-20-26(24,25)13-15-8-6-14(7-9-15)11-21-18(23)22(2)12-16-4-3-5-17(19)10-16/h3-10,20H,11-13H2,1-2H3,(H,21,23). The molecule has 2 N–H and O–H groups in total. The van der Waals surface area contributed by atoms with Gasteiger partial charge in [0.05, 0.1) is 5.75 Å². The molecule has 0 aliphatic heterocycles. The number of rotatable bonds is 7. The van der Waals surface area contributed by atoms with Crippen molar-refractivity contribution in [1.82, 2.24) is 14.9 Å². The molecule has 140 valence electrons. The van der Waals surface area contributed by atoms with Crippen LogP contribution in [0.4, 0.5) is 4.79 Å². The molecule has 2 aromatic carbocycles. The average molecular weight is 396 g/mol. The molecule has 0 heterocycles. The molecule has 0 saturated heterocycles. The van der Waals surface area contributed by atoms with Crippen molar-refractivity contribution >= 4 is 27.7 Å². The number of halogens is 1. The Hall–Kier alpha value is -2.09. The van der Waals surface area contributed by atoms with Crippen molar-refractivity contribution in [2.45, 2.75) is 18.8 Å². The Labute approximate surface area is 159 Å². The van der Waals surface area contributed by atoms with Gasteiger partial charge in [-0.3, -0.25) is 0 Å². The Morgan fingerprint density at radius 2 is 1.73 bits per heavy atom. The van der Waals surface area contributed by atoms with E-state index < -0.39 is 10.0 Å². The first-order valence-corrected chi connectivity index (χ1v) is 10.0. The van der Waals surface area contributed by atoms with Crippen LogP contribution in [0.2, 0.25) is 5.02 Å². The van der Waals surface area contributed by atoms with Gasteiger partial charge in [-0.15, -0.1) is 0 Å². The van der Waals surface area contributed by atoms with E-state index in [-0.39, 0.29) is 11.8 Å². The lowest BCUT2D eigenvalue weighted by Gasteiger charge is -2.18. The summed E-state index contributed by atoms with van der Waals surface area (Å²) < 4.78 is 25.3. The number of nitrogens with zero attached hydrogens (tertiary/aromatic N) is 1. The molecule has 0 fully saturated rings. The monoisotopic (exact) mass is 395 g/mol. The van der Waals surface area contributed by atoms with Gasteiger partial charge in [-0.2, -0.15) is 0 Å². The van der Waals surface area contributed by atoms with Crippen molar-refractivity contribution in [2.24, 2.45) is 0 Å². The lowest BCUT2D eigenvalue weighted by Crippen LogP contribution is -2.36. The molecule has 0 aliphatic rings. The van der Waals surface area contributed by atoms with Crippen LogP contribution in [0.3, 0.4) is 0 Å². The first-order chi connectivity index (χ1) is 12.3. The zero-order valence-corrected chi connectivity index (χ0v) is 16.3. The number of benzene rings is 2. The fourth-order valence-electron chi connectivity index (χ4n) is 2.34. The van der Waals surface area contributed by atoms with Crippen LogP contribution in [0.25, 0.3) is 0 Å². The zero-order chi connectivity index (χ0) is 19.2. The summed E-state index contributed by atoms with van der Waals surface area (Å²) in [5.41, 5.74) is 2.53. The number of carbonyl (C=O) groups excluding carboxylic acids is 1. The summed E-state index contributed by atoms with van der Waals surface area (Å²) in [7, 11) is -0.193. The molecule has 0 aromatic heterocycles. The van der Waals surface area contributed by atoms with Crippen LogP contribution in [0.1, 0.15) is 16.7 Å². The van der Waals surface area contributed by atoms with Gasteiger partial charge in [-0.25, -0.2) is 17.9 Å². The Morgan fingerprint density at radius 3 is 2.35 bits per heavy atom. The third kappa shape index (κ3) is 6.33. The van der Waals surface area contributed by atoms with Crippen LogP contribution < -0.4 is 10.0 Å². The smallest absolute Gasteiger partial charge is 0.317 e. The Kier molecular flexibility index (Phi) is 7.02. The molecule has 0 radical (unpaired) electrons. The van der Waals surface area contributed by atoms with Crippen LogP contribution >= 0.6 is 11.6 Å². The van der Waals surface area contributed by atoms with E-state index >= 15 is 0 Å². The molecule has 2 aromatic rings. The number of hydrogen-bond acceptors (Lipinski definition) is 3. The SMILES string of the molecule is CNS(=O)(=O)Cc1ccc(CNC(=O)N(C)Cc2cccc(Cl)c2)cc1. The highest BCUT2D eigenvalue weighted by molar-refractivity contribution is 7.88. The fourth-order valence-corrected chi connectivity index (χ4v) is 3.33.